The lowest BCUT2D eigenvalue weighted by Gasteiger charge is -2.29. The molecular formula is C15H16ClNS. The zero-order chi connectivity index (χ0) is 12.5. The molecule has 1 heterocycles. The Balaban J connectivity index is 1.94. The minimum atomic E-state index is 0.0731. The molecule has 2 N–H and O–H groups in total. The predicted octanol–water partition coefficient (Wildman–Crippen LogP) is 4.52. The van der Waals surface area contributed by atoms with Crippen molar-refractivity contribution in [3.63, 3.8) is 0 Å². The van der Waals surface area contributed by atoms with Gasteiger partial charge in [-0.15, -0.1) is 11.3 Å². The number of hydrogen-bond donors (Lipinski definition) is 1. The summed E-state index contributed by atoms with van der Waals surface area (Å²) < 4.78 is 0.824. The minimum Gasteiger partial charge on any atom is -0.323 e. The lowest BCUT2D eigenvalue weighted by molar-refractivity contribution is 0.479. The van der Waals surface area contributed by atoms with Gasteiger partial charge in [0.15, 0.2) is 0 Å². The van der Waals surface area contributed by atoms with Crippen LogP contribution in [0.1, 0.15) is 40.8 Å². The van der Waals surface area contributed by atoms with Crippen LogP contribution < -0.4 is 5.73 Å². The van der Waals surface area contributed by atoms with Gasteiger partial charge in [0.2, 0.25) is 0 Å². The third-order valence-electron chi connectivity index (χ3n) is 3.77. The van der Waals surface area contributed by atoms with Crippen LogP contribution in [0.5, 0.6) is 0 Å². The normalized spacial score (nSPS) is 20.4. The van der Waals surface area contributed by atoms with Gasteiger partial charge >= 0.3 is 0 Å². The average molecular weight is 278 g/mol. The molecule has 2 atom stereocenters. The van der Waals surface area contributed by atoms with Crippen LogP contribution in [0.4, 0.5) is 0 Å². The van der Waals surface area contributed by atoms with E-state index in [2.05, 4.69) is 30.3 Å². The molecule has 0 saturated carbocycles. The van der Waals surface area contributed by atoms with Crippen molar-refractivity contribution in [3.05, 3.63) is 56.7 Å². The second kappa shape index (κ2) is 5.04. The largest absolute Gasteiger partial charge is 0.323 e. The quantitative estimate of drug-likeness (QED) is 0.858. The van der Waals surface area contributed by atoms with E-state index in [-0.39, 0.29) is 6.04 Å². The molecule has 1 aromatic heterocycles. The standard InChI is InChI=1S/C15H16ClNS/c16-14-9-8-13(18-14)15(17)12-7-3-5-10-4-1-2-6-11(10)12/h1-2,4,6,8-9,12,15H,3,5,7,17H2. The molecule has 0 fully saturated rings. The van der Waals surface area contributed by atoms with Crippen molar-refractivity contribution in [3.8, 4) is 0 Å². The Bertz CT molecular complexity index is 549. The molecule has 2 unspecified atom stereocenters. The van der Waals surface area contributed by atoms with Gasteiger partial charge in [-0.1, -0.05) is 35.9 Å². The van der Waals surface area contributed by atoms with Gasteiger partial charge in [0.1, 0.15) is 0 Å². The van der Waals surface area contributed by atoms with E-state index in [0.717, 1.165) is 4.34 Å². The van der Waals surface area contributed by atoms with Crippen molar-refractivity contribution in [2.45, 2.75) is 31.2 Å². The van der Waals surface area contributed by atoms with E-state index in [4.69, 9.17) is 17.3 Å². The van der Waals surface area contributed by atoms with E-state index >= 15 is 0 Å². The van der Waals surface area contributed by atoms with Gasteiger partial charge in [0, 0.05) is 16.8 Å². The van der Waals surface area contributed by atoms with E-state index < -0.39 is 0 Å². The fourth-order valence-electron chi connectivity index (χ4n) is 2.87. The molecule has 2 aromatic rings. The molecule has 1 aliphatic carbocycles. The van der Waals surface area contributed by atoms with Crippen LogP contribution in [0.2, 0.25) is 4.34 Å². The van der Waals surface area contributed by atoms with Crippen molar-refractivity contribution >= 4 is 22.9 Å². The number of halogens is 1. The molecule has 94 valence electrons. The van der Waals surface area contributed by atoms with Gasteiger partial charge < -0.3 is 5.73 Å². The maximum absolute atomic E-state index is 6.45. The summed E-state index contributed by atoms with van der Waals surface area (Å²) in [5.74, 6) is 0.435. The van der Waals surface area contributed by atoms with Crippen molar-refractivity contribution in [2.75, 3.05) is 0 Å². The number of thiophene rings is 1. The third kappa shape index (κ3) is 2.20. The topological polar surface area (TPSA) is 26.0 Å². The highest BCUT2D eigenvalue weighted by molar-refractivity contribution is 7.16. The highest BCUT2D eigenvalue weighted by Gasteiger charge is 2.27. The number of nitrogens with two attached hydrogens (primary N) is 1. The average Bonchev–Trinajstić information content (AvgIpc) is 2.84. The molecule has 0 amide bonds. The van der Waals surface area contributed by atoms with Crippen molar-refractivity contribution < 1.29 is 0 Å². The first-order chi connectivity index (χ1) is 8.75. The van der Waals surface area contributed by atoms with Gasteiger partial charge in [0.25, 0.3) is 0 Å². The van der Waals surface area contributed by atoms with Crippen LogP contribution in [0.25, 0.3) is 0 Å². The second-order valence-electron chi connectivity index (χ2n) is 4.87. The molecule has 0 radical (unpaired) electrons. The number of benzene rings is 1. The lowest BCUT2D eigenvalue weighted by atomic mass is 9.78. The molecule has 0 aliphatic heterocycles. The maximum Gasteiger partial charge on any atom is 0.0931 e. The molecule has 0 spiro atoms. The van der Waals surface area contributed by atoms with Crippen LogP contribution in [0.15, 0.2) is 36.4 Å². The summed E-state index contributed by atoms with van der Waals surface area (Å²) in [5, 5.41) is 0. The van der Waals surface area contributed by atoms with E-state index in [1.807, 2.05) is 6.07 Å². The Morgan fingerprint density at radius 1 is 1.22 bits per heavy atom. The van der Waals surface area contributed by atoms with Gasteiger partial charge in [0.05, 0.1) is 4.34 Å². The highest BCUT2D eigenvalue weighted by atomic mass is 35.5. The van der Waals surface area contributed by atoms with Crippen LogP contribution >= 0.6 is 22.9 Å². The highest BCUT2D eigenvalue weighted by Crippen LogP contribution is 2.41. The summed E-state index contributed by atoms with van der Waals surface area (Å²) in [5.41, 5.74) is 9.35. The van der Waals surface area contributed by atoms with Gasteiger partial charge in [-0.05, 0) is 42.5 Å². The summed E-state index contributed by atoms with van der Waals surface area (Å²) in [6.45, 7) is 0. The van der Waals surface area contributed by atoms with Crippen LogP contribution in [-0.2, 0) is 6.42 Å². The van der Waals surface area contributed by atoms with Crippen molar-refractivity contribution in [2.24, 2.45) is 5.73 Å². The monoisotopic (exact) mass is 277 g/mol. The molecular weight excluding hydrogens is 262 g/mol. The number of aryl methyl sites for hydroxylation is 1. The SMILES string of the molecule is NC(c1ccc(Cl)s1)C1CCCc2ccccc21. The first-order valence-electron chi connectivity index (χ1n) is 6.34. The Hall–Kier alpha value is -0.830. The summed E-state index contributed by atoms with van der Waals surface area (Å²) in [4.78, 5) is 1.20. The van der Waals surface area contributed by atoms with E-state index in [1.165, 1.54) is 35.3 Å². The van der Waals surface area contributed by atoms with Gasteiger partial charge in [-0.25, -0.2) is 0 Å². The van der Waals surface area contributed by atoms with Crippen molar-refractivity contribution in [1.29, 1.82) is 0 Å². The van der Waals surface area contributed by atoms with Crippen LogP contribution in [0, 0.1) is 0 Å². The molecule has 0 bridgehead atoms. The number of hydrogen-bond acceptors (Lipinski definition) is 2. The molecule has 0 saturated heterocycles. The number of fused-ring (bicyclic) bond motifs is 1. The first kappa shape index (κ1) is 12.2. The van der Waals surface area contributed by atoms with E-state index in [0.29, 0.717) is 5.92 Å². The fraction of sp³-hybridized carbons (Fsp3) is 0.333. The van der Waals surface area contributed by atoms with Crippen LogP contribution in [-0.4, -0.2) is 0 Å². The first-order valence-corrected chi connectivity index (χ1v) is 7.54. The van der Waals surface area contributed by atoms with Crippen LogP contribution in [0.3, 0.4) is 0 Å². The lowest BCUT2D eigenvalue weighted by Crippen LogP contribution is -2.22. The predicted molar refractivity (Wildman–Crippen MR) is 78.4 cm³/mol. The molecule has 1 aliphatic rings. The molecule has 3 heteroatoms. The Kier molecular flexibility index (Phi) is 3.42. The minimum absolute atomic E-state index is 0.0731. The third-order valence-corrected chi connectivity index (χ3v) is 5.10. The smallest absolute Gasteiger partial charge is 0.0931 e. The fourth-order valence-corrected chi connectivity index (χ4v) is 4.00. The van der Waals surface area contributed by atoms with E-state index in [9.17, 15) is 0 Å². The summed E-state index contributed by atoms with van der Waals surface area (Å²) >= 11 is 7.61. The second-order valence-corrected chi connectivity index (χ2v) is 6.61. The molecule has 1 nitrogen and oxygen atoms in total. The number of rotatable bonds is 2. The Morgan fingerprint density at radius 3 is 2.83 bits per heavy atom. The maximum atomic E-state index is 6.45. The van der Waals surface area contributed by atoms with Gasteiger partial charge in [-0.2, -0.15) is 0 Å². The van der Waals surface area contributed by atoms with E-state index in [1.54, 1.807) is 11.3 Å². The zero-order valence-electron chi connectivity index (χ0n) is 10.1. The van der Waals surface area contributed by atoms with Gasteiger partial charge in [-0.3, -0.25) is 0 Å². The summed E-state index contributed by atoms with van der Waals surface area (Å²) in [7, 11) is 0. The Labute approximate surface area is 117 Å². The Morgan fingerprint density at radius 2 is 2.06 bits per heavy atom. The summed E-state index contributed by atoms with van der Waals surface area (Å²) in [6, 6.07) is 12.8. The zero-order valence-corrected chi connectivity index (χ0v) is 11.7. The molecule has 1 aromatic carbocycles. The van der Waals surface area contributed by atoms with Crippen molar-refractivity contribution in [1.82, 2.24) is 0 Å². The summed E-state index contributed by atoms with van der Waals surface area (Å²) in [6.07, 6.45) is 3.59. The molecule has 3 rings (SSSR count). The molecule has 18 heavy (non-hydrogen) atoms.